The minimum Gasteiger partial charge on any atom is -0.276 e. The highest BCUT2D eigenvalue weighted by Gasteiger charge is 2.03. The van der Waals surface area contributed by atoms with Gasteiger partial charge in [0, 0.05) is 0 Å². The van der Waals surface area contributed by atoms with Gasteiger partial charge in [-0.1, -0.05) is 13.8 Å². The number of quaternary nitrogens is 1. The first-order valence-electron chi connectivity index (χ1n) is 4.31. The molecule has 0 aromatic heterocycles. The monoisotopic (exact) mass is 154 g/mol. The summed E-state index contributed by atoms with van der Waals surface area (Å²) in [5.74, 6) is 0. The van der Waals surface area contributed by atoms with Crippen LogP contribution in [0.3, 0.4) is 0 Å². The second kappa shape index (κ2) is 5.14. The van der Waals surface area contributed by atoms with Crippen molar-refractivity contribution in [3.63, 3.8) is 0 Å². The van der Waals surface area contributed by atoms with Crippen LogP contribution in [0, 0.1) is 0 Å². The molecule has 1 heteroatoms. The van der Waals surface area contributed by atoms with Crippen molar-refractivity contribution in [2.45, 2.75) is 26.7 Å². The summed E-state index contributed by atoms with van der Waals surface area (Å²) < 4.78 is 0.849. The molecule has 0 N–H and O–H groups in total. The minimum absolute atomic E-state index is 0.849. The Morgan fingerprint density at radius 2 is 1.27 bits per heavy atom. The van der Waals surface area contributed by atoms with Gasteiger partial charge in [0.25, 0.3) is 0 Å². The summed E-state index contributed by atoms with van der Waals surface area (Å²) in [6.45, 7) is 4.31. The van der Waals surface area contributed by atoms with E-state index >= 15 is 0 Å². The lowest BCUT2D eigenvalue weighted by atomic mass is 10.4. The van der Waals surface area contributed by atoms with E-state index in [1.807, 2.05) is 0 Å². The van der Waals surface area contributed by atoms with Gasteiger partial charge in [-0.3, -0.25) is 4.48 Å². The average molecular weight is 154 g/mol. The van der Waals surface area contributed by atoms with Gasteiger partial charge in [0.1, 0.15) is 0 Å². The first-order valence-corrected chi connectivity index (χ1v) is 4.31. The lowest BCUT2D eigenvalue weighted by Gasteiger charge is -2.18. The highest BCUT2D eigenvalue weighted by molar-refractivity contribution is 4.78. The van der Waals surface area contributed by atoms with E-state index in [-0.39, 0.29) is 0 Å². The molecular weight excluding hydrogens is 134 g/mol. The number of rotatable bonds is 4. The fourth-order valence-corrected chi connectivity index (χ4v) is 0.804. The van der Waals surface area contributed by atoms with Gasteiger partial charge < -0.3 is 0 Å². The van der Waals surface area contributed by atoms with Gasteiger partial charge in [-0.25, -0.2) is 0 Å². The molecule has 0 rings (SSSR count). The number of allylic oxidation sites excluding steroid dienone is 2. The molecule has 0 aliphatic carbocycles. The van der Waals surface area contributed by atoms with Gasteiger partial charge in [-0.2, -0.15) is 0 Å². The van der Waals surface area contributed by atoms with E-state index in [9.17, 15) is 0 Å². The fraction of sp³-hybridized carbons (Fsp3) is 0.600. The Balaban J connectivity index is 3.99. The molecule has 11 heavy (non-hydrogen) atoms. The van der Waals surface area contributed by atoms with E-state index in [0.29, 0.717) is 0 Å². The van der Waals surface area contributed by atoms with Crippen molar-refractivity contribution in [1.82, 2.24) is 0 Å². The van der Waals surface area contributed by atoms with Crippen LogP contribution in [-0.2, 0) is 0 Å². The van der Waals surface area contributed by atoms with Gasteiger partial charge in [0.05, 0.1) is 26.5 Å². The van der Waals surface area contributed by atoms with Crippen LogP contribution in [0.1, 0.15) is 26.7 Å². The average Bonchev–Trinajstić information content (AvgIpc) is 1.97. The third-order valence-corrected chi connectivity index (χ3v) is 1.45. The lowest BCUT2D eigenvalue weighted by molar-refractivity contribution is -0.784. The molecule has 0 amide bonds. The van der Waals surface area contributed by atoms with Gasteiger partial charge in [0.2, 0.25) is 0 Å². The van der Waals surface area contributed by atoms with E-state index in [1.165, 1.54) is 0 Å². The second-order valence-electron chi connectivity index (χ2n) is 3.22. The SMILES string of the molecule is CCC=C[N+](C)(C)C=CCC. The summed E-state index contributed by atoms with van der Waals surface area (Å²) in [6, 6.07) is 0. The predicted octanol–water partition coefficient (Wildman–Crippen LogP) is 2.91. The Morgan fingerprint density at radius 3 is 1.55 bits per heavy atom. The van der Waals surface area contributed by atoms with Crippen molar-refractivity contribution in [3.05, 3.63) is 24.6 Å². The highest BCUT2D eigenvalue weighted by atomic mass is 15.3. The summed E-state index contributed by atoms with van der Waals surface area (Å²) in [4.78, 5) is 0. The van der Waals surface area contributed by atoms with E-state index in [2.05, 4.69) is 52.5 Å². The number of hydrogen-bond donors (Lipinski definition) is 0. The van der Waals surface area contributed by atoms with Crippen LogP contribution in [0.5, 0.6) is 0 Å². The summed E-state index contributed by atoms with van der Waals surface area (Å²) in [5.41, 5.74) is 0. The minimum atomic E-state index is 0.849. The molecule has 1 nitrogen and oxygen atoms in total. The van der Waals surface area contributed by atoms with Gasteiger partial charge in [0.15, 0.2) is 0 Å². The molecule has 0 aliphatic heterocycles. The van der Waals surface area contributed by atoms with Crippen LogP contribution in [-0.4, -0.2) is 18.6 Å². The Morgan fingerprint density at radius 1 is 0.909 bits per heavy atom. The standard InChI is InChI=1S/C10H20N/c1-5-7-9-11(3,4)10-8-6-2/h7-10H,5-6H2,1-4H3/q+1. The molecule has 0 spiro atoms. The molecule has 0 saturated heterocycles. The van der Waals surface area contributed by atoms with Crippen molar-refractivity contribution in [1.29, 1.82) is 0 Å². The summed E-state index contributed by atoms with van der Waals surface area (Å²) >= 11 is 0. The summed E-state index contributed by atoms with van der Waals surface area (Å²) in [5, 5.41) is 0. The van der Waals surface area contributed by atoms with Crippen LogP contribution in [0.15, 0.2) is 24.6 Å². The topological polar surface area (TPSA) is 0 Å². The molecule has 0 saturated carbocycles. The number of hydrogen-bond acceptors (Lipinski definition) is 0. The van der Waals surface area contributed by atoms with Crippen molar-refractivity contribution >= 4 is 0 Å². The van der Waals surface area contributed by atoms with Crippen LogP contribution < -0.4 is 0 Å². The van der Waals surface area contributed by atoms with Crippen LogP contribution in [0.2, 0.25) is 0 Å². The molecule has 0 aliphatic rings. The van der Waals surface area contributed by atoms with E-state index in [4.69, 9.17) is 0 Å². The molecule has 0 aromatic carbocycles. The maximum absolute atomic E-state index is 2.20. The Bertz CT molecular complexity index is 127. The Labute approximate surface area is 70.6 Å². The first-order chi connectivity index (χ1) is 5.12. The molecule has 0 unspecified atom stereocenters. The third kappa shape index (κ3) is 5.86. The zero-order valence-corrected chi connectivity index (χ0v) is 8.17. The van der Waals surface area contributed by atoms with Crippen molar-refractivity contribution in [2.24, 2.45) is 0 Å². The molecule has 64 valence electrons. The zero-order valence-electron chi connectivity index (χ0n) is 8.17. The molecular formula is C10H20N+. The largest absolute Gasteiger partial charge is 0.276 e. The molecule has 0 atom stereocenters. The van der Waals surface area contributed by atoms with Crippen molar-refractivity contribution in [3.8, 4) is 0 Å². The van der Waals surface area contributed by atoms with Crippen LogP contribution in [0.25, 0.3) is 0 Å². The first kappa shape index (κ1) is 10.4. The molecule has 0 fully saturated rings. The van der Waals surface area contributed by atoms with E-state index < -0.39 is 0 Å². The smallest absolute Gasteiger partial charge is 0.0959 e. The van der Waals surface area contributed by atoms with Crippen LogP contribution in [0.4, 0.5) is 0 Å². The molecule has 0 heterocycles. The van der Waals surface area contributed by atoms with Gasteiger partial charge in [-0.15, -0.1) is 0 Å². The van der Waals surface area contributed by atoms with Crippen molar-refractivity contribution in [2.75, 3.05) is 14.1 Å². The van der Waals surface area contributed by atoms with Crippen LogP contribution >= 0.6 is 0 Å². The molecule has 0 aromatic rings. The van der Waals surface area contributed by atoms with E-state index in [1.54, 1.807) is 0 Å². The quantitative estimate of drug-likeness (QED) is 0.546. The summed E-state index contributed by atoms with van der Waals surface area (Å²) in [6.07, 6.45) is 11.0. The normalized spacial score (nSPS) is 13.5. The third-order valence-electron chi connectivity index (χ3n) is 1.45. The van der Waals surface area contributed by atoms with Crippen molar-refractivity contribution < 1.29 is 4.48 Å². The van der Waals surface area contributed by atoms with Gasteiger partial charge in [-0.05, 0) is 25.0 Å². The lowest BCUT2D eigenvalue weighted by Crippen LogP contribution is -2.25. The Hall–Kier alpha value is -0.560. The Kier molecular flexibility index (Phi) is 4.88. The highest BCUT2D eigenvalue weighted by Crippen LogP contribution is 2.01. The molecule has 0 bridgehead atoms. The fourth-order valence-electron chi connectivity index (χ4n) is 0.804. The maximum atomic E-state index is 2.20. The second-order valence-corrected chi connectivity index (χ2v) is 3.22. The molecule has 0 radical (unpaired) electrons. The zero-order chi connectivity index (χ0) is 8.74. The maximum Gasteiger partial charge on any atom is 0.0959 e. The number of nitrogens with zero attached hydrogens (tertiary/aromatic N) is 1. The summed E-state index contributed by atoms with van der Waals surface area (Å²) in [7, 11) is 4.33. The predicted molar refractivity (Wildman–Crippen MR) is 51.0 cm³/mol. The van der Waals surface area contributed by atoms with E-state index in [0.717, 1.165) is 17.3 Å². The van der Waals surface area contributed by atoms with Gasteiger partial charge >= 0.3 is 0 Å².